The zero-order valence-corrected chi connectivity index (χ0v) is 9.87. The Balaban J connectivity index is 2.45. The first-order valence-electron chi connectivity index (χ1n) is 5.15. The van der Waals surface area contributed by atoms with E-state index < -0.39 is 0 Å². The molecule has 0 saturated heterocycles. The SMILES string of the molecule is C#CCOc1[c]cccc1-c1ccccc1Cl. The van der Waals surface area contributed by atoms with Gasteiger partial charge in [0.15, 0.2) is 0 Å². The molecule has 0 fully saturated rings. The third-order valence-corrected chi connectivity index (χ3v) is 2.61. The van der Waals surface area contributed by atoms with Crippen molar-refractivity contribution in [2.75, 3.05) is 6.61 Å². The number of terminal acetylenes is 1. The van der Waals surface area contributed by atoms with Gasteiger partial charge in [0.05, 0.1) is 0 Å². The van der Waals surface area contributed by atoms with Gasteiger partial charge in [0.1, 0.15) is 12.4 Å². The summed E-state index contributed by atoms with van der Waals surface area (Å²) in [6.07, 6.45) is 5.18. The predicted octanol–water partition coefficient (Wildman–Crippen LogP) is 3.82. The van der Waals surface area contributed by atoms with Gasteiger partial charge in [-0.05, 0) is 6.07 Å². The molecule has 0 aliphatic rings. The molecule has 0 saturated carbocycles. The van der Waals surface area contributed by atoms with Gasteiger partial charge in [0.25, 0.3) is 0 Å². The molecular formula is C15H10ClO. The van der Waals surface area contributed by atoms with E-state index in [0.29, 0.717) is 10.8 Å². The van der Waals surface area contributed by atoms with Crippen LogP contribution in [0.2, 0.25) is 5.02 Å². The molecule has 83 valence electrons. The Morgan fingerprint density at radius 3 is 2.71 bits per heavy atom. The summed E-state index contributed by atoms with van der Waals surface area (Å²) in [7, 11) is 0. The topological polar surface area (TPSA) is 9.23 Å². The molecule has 0 amide bonds. The number of benzene rings is 2. The highest BCUT2D eigenvalue weighted by atomic mass is 35.5. The van der Waals surface area contributed by atoms with Crippen LogP contribution in [-0.2, 0) is 0 Å². The lowest BCUT2D eigenvalue weighted by molar-refractivity contribution is 0.371. The van der Waals surface area contributed by atoms with Crippen molar-refractivity contribution in [1.82, 2.24) is 0 Å². The van der Waals surface area contributed by atoms with E-state index in [-0.39, 0.29) is 6.61 Å². The van der Waals surface area contributed by atoms with Crippen LogP contribution < -0.4 is 4.74 Å². The normalized spacial score (nSPS) is 9.65. The molecule has 0 bridgehead atoms. The smallest absolute Gasteiger partial charge is 0.148 e. The summed E-state index contributed by atoms with van der Waals surface area (Å²) in [5.41, 5.74) is 1.81. The van der Waals surface area contributed by atoms with Crippen molar-refractivity contribution in [2.45, 2.75) is 0 Å². The Bertz CT molecular complexity index is 555. The van der Waals surface area contributed by atoms with E-state index in [1.807, 2.05) is 36.4 Å². The standard InChI is InChI=1S/C15H10ClO/c1-2-11-17-15-10-6-4-8-13(15)12-7-3-5-9-14(12)16/h1,3-9H,11H2. The van der Waals surface area contributed by atoms with Gasteiger partial charge < -0.3 is 4.74 Å². The van der Waals surface area contributed by atoms with Crippen LogP contribution in [0.3, 0.4) is 0 Å². The largest absolute Gasteiger partial charge is 0.480 e. The molecule has 0 N–H and O–H groups in total. The van der Waals surface area contributed by atoms with Crippen molar-refractivity contribution >= 4 is 11.6 Å². The van der Waals surface area contributed by atoms with E-state index in [0.717, 1.165) is 11.1 Å². The van der Waals surface area contributed by atoms with Gasteiger partial charge in [-0.25, -0.2) is 0 Å². The summed E-state index contributed by atoms with van der Waals surface area (Å²) in [6, 6.07) is 16.2. The van der Waals surface area contributed by atoms with Crippen LogP contribution >= 0.6 is 11.6 Å². The lowest BCUT2D eigenvalue weighted by Crippen LogP contribution is -1.95. The van der Waals surface area contributed by atoms with Gasteiger partial charge in [-0.15, -0.1) is 6.42 Å². The minimum atomic E-state index is 0.220. The molecule has 0 heterocycles. The van der Waals surface area contributed by atoms with Crippen molar-refractivity contribution < 1.29 is 4.74 Å². The number of hydrogen-bond donors (Lipinski definition) is 0. The van der Waals surface area contributed by atoms with Crippen LogP contribution in [-0.4, -0.2) is 6.61 Å². The highest BCUT2D eigenvalue weighted by molar-refractivity contribution is 6.33. The number of halogens is 1. The molecule has 17 heavy (non-hydrogen) atoms. The van der Waals surface area contributed by atoms with Crippen molar-refractivity contribution in [2.24, 2.45) is 0 Å². The number of ether oxygens (including phenoxy) is 1. The van der Waals surface area contributed by atoms with Gasteiger partial charge in [-0.2, -0.15) is 0 Å². The molecule has 0 unspecified atom stereocenters. The molecule has 0 spiro atoms. The maximum atomic E-state index is 6.16. The van der Waals surface area contributed by atoms with Gasteiger partial charge in [-0.3, -0.25) is 0 Å². The average molecular weight is 242 g/mol. The molecule has 0 aliphatic carbocycles. The number of hydrogen-bond acceptors (Lipinski definition) is 1. The third-order valence-electron chi connectivity index (χ3n) is 2.28. The summed E-state index contributed by atoms with van der Waals surface area (Å²) in [5, 5.41) is 0.678. The molecule has 2 rings (SSSR count). The maximum absolute atomic E-state index is 6.16. The fourth-order valence-electron chi connectivity index (χ4n) is 1.55. The minimum Gasteiger partial charge on any atom is -0.480 e. The number of rotatable bonds is 3. The van der Waals surface area contributed by atoms with Gasteiger partial charge in [0, 0.05) is 22.2 Å². The first-order chi connectivity index (χ1) is 8.33. The Labute approximate surface area is 106 Å². The molecule has 2 aromatic rings. The fourth-order valence-corrected chi connectivity index (χ4v) is 1.78. The van der Waals surface area contributed by atoms with E-state index in [2.05, 4.69) is 12.0 Å². The van der Waals surface area contributed by atoms with Crippen LogP contribution in [0.15, 0.2) is 42.5 Å². The van der Waals surface area contributed by atoms with E-state index in [4.69, 9.17) is 22.8 Å². The Morgan fingerprint density at radius 2 is 1.94 bits per heavy atom. The summed E-state index contributed by atoms with van der Waals surface area (Å²) >= 11 is 6.16. The second-order valence-corrected chi connectivity index (χ2v) is 3.79. The van der Waals surface area contributed by atoms with Crippen LogP contribution in [0, 0.1) is 18.4 Å². The quantitative estimate of drug-likeness (QED) is 0.743. The second kappa shape index (κ2) is 5.43. The van der Waals surface area contributed by atoms with Crippen molar-refractivity contribution in [3.8, 4) is 29.2 Å². The van der Waals surface area contributed by atoms with Crippen molar-refractivity contribution in [3.63, 3.8) is 0 Å². The number of para-hydroxylation sites is 1. The van der Waals surface area contributed by atoms with E-state index >= 15 is 0 Å². The van der Waals surface area contributed by atoms with Crippen LogP contribution in [0.4, 0.5) is 0 Å². The molecule has 0 aliphatic heterocycles. The average Bonchev–Trinajstić information content (AvgIpc) is 2.37. The highest BCUT2D eigenvalue weighted by Gasteiger charge is 2.08. The predicted molar refractivity (Wildman–Crippen MR) is 70.1 cm³/mol. The first kappa shape index (κ1) is 11.6. The second-order valence-electron chi connectivity index (χ2n) is 3.39. The lowest BCUT2D eigenvalue weighted by atomic mass is 10.0. The lowest BCUT2D eigenvalue weighted by Gasteiger charge is -2.10. The minimum absolute atomic E-state index is 0.220. The molecule has 1 nitrogen and oxygen atoms in total. The Morgan fingerprint density at radius 1 is 1.18 bits per heavy atom. The van der Waals surface area contributed by atoms with E-state index in [1.54, 1.807) is 6.07 Å². The highest BCUT2D eigenvalue weighted by Crippen LogP contribution is 2.34. The van der Waals surface area contributed by atoms with Gasteiger partial charge >= 0.3 is 0 Å². The van der Waals surface area contributed by atoms with Gasteiger partial charge in [-0.1, -0.05) is 53.9 Å². The Hall–Kier alpha value is -1.91. The summed E-state index contributed by atoms with van der Waals surface area (Å²) in [5.74, 6) is 3.06. The first-order valence-corrected chi connectivity index (χ1v) is 5.52. The zero-order chi connectivity index (χ0) is 12.1. The van der Waals surface area contributed by atoms with Crippen LogP contribution in [0.1, 0.15) is 0 Å². The van der Waals surface area contributed by atoms with Crippen molar-refractivity contribution in [1.29, 1.82) is 0 Å². The third kappa shape index (κ3) is 2.61. The molecule has 0 atom stereocenters. The zero-order valence-electron chi connectivity index (χ0n) is 9.11. The van der Waals surface area contributed by atoms with Crippen molar-refractivity contribution in [3.05, 3.63) is 53.6 Å². The molecular weight excluding hydrogens is 232 g/mol. The van der Waals surface area contributed by atoms with Gasteiger partial charge in [0.2, 0.25) is 0 Å². The monoisotopic (exact) mass is 241 g/mol. The Kier molecular flexibility index (Phi) is 3.69. The van der Waals surface area contributed by atoms with E-state index in [1.165, 1.54) is 0 Å². The summed E-state index contributed by atoms with van der Waals surface area (Å²) in [6.45, 7) is 0.220. The van der Waals surface area contributed by atoms with Crippen LogP contribution in [0.25, 0.3) is 11.1 Å². The fraction of sp³-hybridized carbons (Fsp3) is 0.0667. The molecule has 2 heteroatoms. The maximum Gasteiger partial charge on any atom is 0.148 e. The molecule has 1 radical (unpaired) electrons. The van der Waals surface area contributed by atoms with E-state index in [9.17, 15) is 0 Å². The molecule has 2 aromatic carbocycles. The van der Waals surface area contributed by atoms with Crippen LogP contribution in [0.5, 0.6) is 5.75 Å². The molecule has 0 aromatic heterocycles. The summed E-state index contributed by atoms with van der Waals surface area (Å²) in [4.78, 5) is 0. The summed E-state index contributed by atoms with van der Waals surface area (Å²) < 4.78 is 5.45.